The lowest BCUT2D eigenvalue weighted by Crippen LogP contribution is -2.37. The summed E-state index contributed by atoms with van der Waals surface area (Å²) < 4.78 is 42.7. The van der Waals surface area contributed by atoms with Crippen molar-refractivity contribution in [3.05, 3.63) is 65.3 Å². The molecule has 0 amide bonds. The first-order valence-electron chi connectivity index (χ1n) is 11.4. The van der Waals surface area contributed by atoms with Crippen LogP contribution in [0.5, 0.6) is 0 Å². The number of hydrogen-bond donors (Lipinski definition) is 3. The number of nitrogens with one attached hydrogen (secondary N) is 2. The summed E-state index contributed by atoms with van der Waals surface area (Å²) in [5, 5.41) is 13.1. The van der Waals surface area contributed by atoms with Gasteiger partial charge in [-0.05, 0) is 50.8 Å². The van der Waals surface area contributed by atoms with E-state index in [1.54, 1.807) is 18.2 Å². The zero-order valence-corrected chi connectivity index (χ0v) is 20.9. The van der Waals surface area contributed by atoms with Crippen LogP contribution in [0.2, 0.25) is 5.02 Å². The molecule has 3 N–H and O–H groups in total. The molecule has 0 saturated heterocycles. The Bertz CT molecular complexity index is 1530. The van der Waals surface area contributed by atoms with E-state index in [4.69, 9.17) is 11.6 Å². The van der Waals surface area contributed by atoms with E-state index >= 15 is 0 Å². The van der Waals surface area contributed by atoms with Gasteiger partial charge in [-0.3, -0.25) is 0 Å². The highest BCUT2D eigenvalue weighted by Crippen LogP contribution is 2.33. The molecule has 1 aromatic carbocycles. The predicted molar refractivity (Wildman–Crippen MR) is 134 cm³/mol. The van der Waals surface area contributed by atoms with Gasteiger partial charge in [0.25, 0.3) is 10.0 Å². The maximum Gasteiger partial charge on any atom is 0.269 e. The Morgan fingerprint density at radius 2 is 1.89 bits per heavy atom. The zero-order valence-electron chi connectivity index (χ0n) is 19.3. The molecule has 0 bridgehead atoms. The van der Waals surface area contributed by atoms with Crippen LogP contribution in [0.15, 0.2) is 53.8 Å². The molecule has 3 heterocycles. The van der Waals surface area contributed by atoms with Crippen molar-refractivity contribution in [1.82, 2.24) is 24.4 Å². The molecule has 2 atom stereocenters. The molecule has 0 spiro atoms. The summed E-state index contributed by atoms with van der Waals surface area (Å²) in [6.45, 7) is 1.87. The third kappa shape index (κ3) is 4.66. The van der Waals surface area contributed by atoms with E-state index in [0.29, 0.717) is 22.4 Å². The van der Waals surface area contributed by atoms with E-state index in [-0.39, 0.29) is 34.3 Å². The molecule has 188 valence electrons. The first-order valence-corrected chi connectivity index (χ1v) is 13.3. The lowest BCUT2D eigenvalue weighted by molar-refractivity contribution is 0.104. The van der Waals surface area contributed by atoms with Crippen molar-refractivity contribution >= 4 is 38.5 Å². The lowest BCUT2D eigenvalue weighted by Gasteiger charge is -2.29. The van der Waals surface area contributed by atoms with Crippen molar-refractivity contribution < 1.29 is 18.0 Å². The molecule has 1 aliphatic carbocycles. The second-order valence-electron chi connectivity index (χ2n) is 8.91. The fourth-order valence-electron chi connectivity index (χ4n) is 4.47. The number of hydroxylamine groups is 1. The molecule has 5 rings (SSSR count). The highest BCUT2D eigenvalue weighted by atomic mass is 35.5. The van der Waals surface area contributed by atoms with Gasteiger partial charge in [-0.25, -0.2) is 37.2 Å². The number of benzene rings is 1. The quantitative estimate of drug-likeness (QED) is 0.311. The van der Waals surface area contributed by atoms with Crippen molar-refractivity contribution in [2.75, 3.05) is 5.32 Å². The van der Waals surface area contributed by atoms with Gasteiger partial charge < -0.3 is 10.5 Å². The van der Waals surface area contributed by atoms with Gasteiger partial charge in [0.1, 0.15) is 0 Å². The SMILES string of the molecule is Cc1ccc(S(=O)(=O)n2cc(-c3ncc(F)c(NC4CCCC(NO)C4)n3)c3cc(Cl)cnc32)cc1. The van der Waals surface area contributed by atoms with Crippen LogP contribution in [-0.2, 0) is 10.0 Å². The number of aromatic nitrogens is 4. The minimum atomic E-state index is -4.00. The number of rotatable bonds is 6. The van der Waals surface area contributed by atoms with E-state index in [0.717, 1.165) is 35.0 Å². The Morgan fingerprint density at radius 3 is 2.64 bits per heavy atom. The van der Waals surface area contributed by atoms with Gasteiger partial charge in [-0.1, -0.05) is 29.3 Å². The third-order valence-corrected chi connectivity index (χ3v) is 8.21. The molecule has 2 unspecified atom stereocenters. The topological polar surface area (TPSA) is 122 Å². The fourth-order valence-corrected chi connectivity index (χ4v) is 5.95. The van der Waals surface area contributed by atoms with E-state index in [1.807, 2.05) is 6.92 Å². The van der Waals surface area contributed by atoms with Crippen molar-refractivity contribution in [2.45, 2.75) is 49.6 Å². The monoisotopic (exact) mass is 530 g/mol. The average Bonchev–Trinajstić information content (AvgIpc) is 3.25. The van der Waals surface area contributed by atoms with Gasteiger partial charge in [0.2, 0.25) is 0 Å². The van der Waals surface area contributed by atoms with E-state index < -0.39 is 15.8 Å². The Hall–Kier alpha value is -3.12. The number of halogens is 2. The van der Waals surface area contributed by atoms with Crippen LogP contribution in [-0.4, -0.2) is 44.6 Å². The summed E-state index contributed by atoms with van der Waals surface area (Å²) in [6.07, 6.45) is 6.88. The average molecular weight is 531 g/mol. The summed E-state index contributed by atoms with van der Waals surface area (Å²) in [5.41, 5.74) is 3.71. The molecule has 1 saturated carbocycles. The smallest absolute Gasteiger partial charge is 0.269 e. The first-order chi connectivity index (χ1) is 17.3. The molecule has 0 radical (unpaired) electrons. The summed E-state index contributed by atoms with van der Waals surface area (Å²) >= 11 is 6.19. The largest absolute Gasteiger partial charge is 0.365 e. The standard InChI is InChI=1S/C24H24ClFN6O3S/c1-14-5-7-18(8-6-14)36(34,35)32-13-20(19-9-15(25)11-28-24(19)32)22-27-12-21(26)23(30-22)29-16-3-2-4-17(10-16)31-33/h5-9,11-13,16-17,31,33H,2-4,10H2,1H3,(H,27,29,30). The summed E-state index contributed by atoms with van der Waals surface area (Å²) in [4.78, 5) is 12.9. The van der Waals surface area contributed by atoms with Crippen LogP contribution < -0.4 is 10.8 Å². The Labute approximate surface area is 212 Å². The van der Waals surface area contributed by atoms with Gasteiger partial charge in [0.05, 0.1) is 16.1 Å². The van der Waals surface area contributed by atoms with Crippen LogP contribution >= 0.6 is 11.6 Å². The molecular formula is C24H24ClFN6O3S. The molecule has 3 aromatic heterocycles. The van der Waals surface area contributed by atoms with Gasteiger partial charge in [0.15, 0.2) is 23.1 Å². The Morgan fingerprint density at radius 1 is 1.14 bits per heavy atom. The number of hydrogen-bond acceptors (Lipinski definition) is 8. The van der Waals surface area contributed by atoms with Crippen LogP contribution in [0.25, 0.3) is 22.4 Å². The second kappa shape index (κ2) is 9.74. The number of fused-ring (bicyclic) bond motifs is 1. The molecular weight excluding hydrogens is 507 g/mol. The minimum absolute atomic E-state index is 0.000804. The number of nitrogens with zero attached hydrogens (tertiary/aromatic N) is 4. The minimum Gasteiger partial charge on any atom is -0.365 e. The van der Waals surface area contributed by atoms with E-state index in [2.05, 4.69) is 25.7 Å². The summed E-state index contributed by atoms with van der Waals surface area (Å²) in [6, 6.07) is 7.89. The Balaban J connectivity index is 1.59. The van der Waals surface area contributed by atoms with Gasteiger partial charge >= 0.3 is 0 Å². The molecule has 1 fully saturated rings. The van der Waals surface area contributed by atoms with Crippen LogP contribution in [0.3, 0.4) is 0 Å². The van der Waals surface area contributed by atoms with E-state index in [1.165, 1.54) is 24.5 Å². The van der Waals surface area contributed by atoms with Crippen molar-refractivity contribution in [3.8, 4) is 11.4 Å². The molecule has 4 aromatic rings. The fraction of sp³-hybridized carbons (Fsp3) is 0.292. The maximum absolute atomic E-state index is 14.7. The molecule has 9 nitrogen and oxygen atoms in total. The third-order valence-electron chi connectivity index (χ3n) is 6.34. The predicted octanol–water partition coefficient (Wildman–Crippen LogP) is 4.53. The number of pyridine rings is 1. The van der Waals surface area contributed by atoms with Gasteiger partial charge in [-0.2, -0.15) is 0 Å². The maximum atomic E-state index is 14.7. The number of aryl methyl sites for hydroxylation is 1. The van der Waals surface area contributed by atoms with E-state index in [9.17, 15) is 18.0 Å². The molecule has 0 aliphatic heterocycles. The highest BCUT2D eigenvalue weighted by molar-refractivity contribution is 7.90. The second-order valence-corrected chi connectivity index (χ2v) is 11.2. The highest BCUT2D eigenvalue weighted by Gasteiger charge is 2.26. The van der Waals surface area contributed by atoms with Crippen LogP contribution in [0.4, 0.5) is 10.2 Å². The normalized spacial score (nSPS) is 18.4. The molecule has 36 heavy (non-hydrogen) atoms. The van der Waals surface area contributed by atoms with Crippen molar-refractivity contribution in [1.29, 1.82) is 0 Å². The zero-order chi connectivity index (χ0) is 25.4. The van der Waals surface area contributed by atoms with Gasteiger partial charge in [0, 0.05) is 35.4 Å². The molecule has 1 aliphatic rings. The van der Waals surface area contributed by atoms with Crippen LogP contribution in [0, 0.1) is 12.7 Å². The first kappa shape index (κ1) is 24.6. The van der Waals surface area contributed by atoms with Crippen molar-refractivity contribution in [3.63, 3.8) is 0 Å². The van der Waals surface area contributed by atoms with Gasteiger partial charge in [-0.15, -0.1) is 0 Å². The van der Waals surface area contributed by atoms with Crippen LogP contribution in [0.1, 0.15) is 31.2 Å². The summed E-state index contributed by atoms with van der Waals surface area (Å²) in [7, 11) is -4.00. The summed E-state index contributed by atoms with van der Waals surface area (Å²) in [5.74, 6) is -0.510. The molecule has 12 heteroatoms. The lowest BCUT2D eigenvalue weighted by atomic mass is 9.91. The number of anilines is 1. The Kier molecular flexibility index (Phi) is 6.64. The van der Waals surface area contributed by atoms with Crippen molar-refractivity contribution in [2.24, 2.45) is 0 Å².